The average Bonchev–Trinajstić information content (AvgIpc) is 2.97. The van der Waals surface area contributed by atoms with Crippen LogP contribution in [0, 0.1) is 0 Å². The molecular weight excluding hydrogens is 416 g/mol. The summed E-state index contributed by atoms with van der Waals surface area (Å²) in [5.74, 6) is -0.987. The van der Waals surface area contributed by atoms with E-state index in [1.165, 1.54) is 29.4 Å². The normalized spacial score (nSPS) is 16.4. The fourth-order valence-electron chi connectivity index (χ4n) is 3.36. The van der Waals surface area contributed by atoms with Gasteiger partial charge in [0.2, 0.25) is 10.0 Å². The zero-order chi connectivity index (χ0) is 21.6. The highest BCUT2D eigenvalue weighted by atomic mass is 35.5. The van der Waals surface area contributed by atoms with Crippen molar-refractivity contribution in [3.8, 4) is 0 Å². The molecule has 9 heteroatoms. The second kappa shape index (κ2) is 10.4. The number of rotatable bonds is 7. The van der Waals surface area contributed by atoms with Gasteiger partial charge in [-0.2, -0.15) is 4.31 Å². The second-order valence-electron chi connectivity index (χ2n) is 7.02. The number of carbonyl (C=O) groups excluding carboxylic acids is 2. The van der Waals surface area contributed by atoms with Gasteiger partial charge in [0.25, 0.3) is 5.91 Å². The van der Waals surface area contributed by atoms with Crippen molar-refractivity contribution in [3.05, 3.63) is 28.8 Å². The first-order chi connectivity index (χ1) is 13.7. The lowest BCUT2D eigenvalue weighted by Gasteiger charge is -2.24. The predicted molar refractivity (Wildman–Crippen MR) is 111 cm³/mol. The highest BCUT2D eigenvalue weighted by Crippen LogP contribution is 2.26. The van der Waals surface area contributed by atoms with E-state index in [1.54, 1.807) is 18.7 Å². The van der Waals surface area contributed by atoms with E-state index in [1.807, 2.05) is 0 Å². The van der Waals surface area contributed by atoms with Gasteiger partial charge >= 0.3 is 5.97 Å². The van der Waals surface area contributed by atoms with Crippen LogP contribution in [0.5, 0.6) is 0 Å². The summed E-state index contributed by atoms with van der Waals surface area (Å²) in [5.41, 5.74) is 0.0376. The van der Waals surface area contributed by atoms with Crippen molar-refractivity contribution >= 4 is 33.5 Å². The Balaban J connectivity index is 2.18. The van der Waals surface area contributed by atoms with E-state index < -0.39 is 22.1 Å². The molecule has 0 aliphatic carbocycles. The van der Waals surface area contributed by atoms with Gasteiger partial charge in [-0.05, 0) is 38.0 Å². The number of ether oxygens (including phenoxy) is 1. The van der Waals surface area contributed by atoms with Gasteiger partial charge in [-0.15, -0.1) is 0 Å². The number of esters is 1. The van der Waals surface area contributed by atoms with Crippen molar-refractivity contribution in [2.24, 2.45) is 0 Å². The molecule has 1 aliphatic rings. The first kappa shape index (κ1) is 23.6. The molecule has 1 saturated heterocycles. The molecule has 162 valence electrons. The molecule has 1 unspecified atom stereocenters. The number of likely N-dealkylation sites (tertiary alicyclic amines) is 1. The van der Waals surface area contributed by atoms with Crippen LogP contribution < -0.4 is 0 Å². The predicted octanol–water partition coefficient (Wildman–Crippen LogP) is 3.32. The highest BCUT2D eigenvalue weighted by Gasteiger charge is 2.28. The first-order valence-electron chi connectivity index (χ1n) is 10.0. The molecule has 1 amide bonds. The molecule has 0 bridgehead atoms. The number of amides is 1. The third kappa shape index (κ3) is 5.71. The SMILES string of the molecule is CCN(CC)S(=O)(=O)c1cc(C(=O)OC(C)C(=O)N2CCCCCC2)ccc1Cl. The number of halogens is 1. The van der Waals surface area contributed by atoms with Gasteiger partial charge in [0, 0.05) is 26.2 Å². The van der Waals surface area contributed by atoms with Crippen LogP contribution in [0.3, 0.4) is 0 Å². The summed E-state index contributed by atoms with van der Waals surface area (Å²) in [5, 5.41) is 0.0298. The minimum absolute atomic E-state index is 0.0298. The quantitative estimate of drug-likeness (QED) is 0.602. The largest absolute Gasteiger partial charge is 0.449 e. The zero-order valence-electron chi connectivity index (χ0n) is 17.2. The summed E-state index contributed by atoms with van der Waals surface area (Å²) < 4.78 is 32.2. The molecule has 1 heterocycles. The van der Waals surface area contributed by atoms with Crippen molar-refractivity contribution in [1.82, 2.24) is 9.21 Å². The molecule has 7 nitrogen and oxygen atoms in total. The maximum absolute atomic E-state index is 12.8. The number of hydrogen-bond donors (Lipinski definition) is 0. The molecule has 0 saturated carbocycles. The Bertz CT molecular complexity index is 831. The van der Waals surface area contributed by atoms with E-state index in [0.717, 1.165) is 25.7 Å². The summed E-state index contributed by atoms with van der Waals surface area (Å²) in [7, 11) is -3.84. The molecule has 1 aromatic carbocycles. The van der Waals surface area contributed by atoms with E-state index in [4.69, 9.17) is 16.3 Å². The summed E-state index contributed by atoms with van der Waals surface area (Å²) in [6.45, 7) is 6.87. The summed E-state index contributed by atoms with van der Waals surface area (Å²) in [6, 6.07) is 3.96. The first-order valence-corrected chi connectivity index (χ1v) is 11.8. The van der Waals surface area contributed by atoms with Crippen LogP contribution >= 0.6 is 11.6 Å². The number of benzene rings is 1. The molecule has 1 aliphatic heterocycles. The Hall–Kier alpha value is -1.64. The van der Waals surface area contributed by atoms with Crippen LogP contribution in [0.25, 0.3) is 0 Å². The molecule has 0 aromatic heterocycles. The number of carbonyl (C=O) groups is 2. The van der Waals surface area contributed by atoms with Gasteiger partial charge in [0.05, 0.1) is 10.6 Å². The van der Waals surface area contributed by atoms with Gasteiger partial charge in [0.15, 0.2) is 6.10 Å². The van der Waals surface area contributed by atoms with E-state index in [2.05, 4.69) is 0 Å². The smallest absolute Gasteiger partial charge is 0.338 e. The van der Waals surface area contributed by atoms with E-state index in [-0.39, 0.29) is 34.5 Å². The maximum atomic E-state index is 12.8. The van der Waals surface area contributed by atoms with Crippen LogP contribution in [0.15, 0.2) is 23.1 Å². The van der Waals surface area contributed by atoms with E-state index >= 15 is 0 Å². The third-order valence-corrected chi connectivity index (χ3v) is 7.57. The Morgan fingerprint density at radius 1 is 1.14 bits per heavy atom. The number of nitrogens with zero attached hydrogens (tertiary/aromatic N) is 2. The summed E-state index contributed by atoms with van der Waals surface area (Å²) in [4.78, 5) is 26.7. The molecular formula is C20H29ClN2O5S. The van der Waals surface area contributed by atoms with Gasteiger partial charge < -0.3 is 9.64 Å². The monoisotopic (exact) mass is 444 g/mol. The molecule has 2 rings (SSSR count). The van der Waals surface area contributed by atoms with Gasteiger partial charge in [-0.1, -0.05) is 38.3 Å². The van der Waals surface area contributed by atoms with E-state index in [0.29, 0.717) is 13.1 Å². The number of hydrogen-bond acceptors (Lipinski definition) is 5. The lowest BCUT2D eigenvalue weighted by atomic mass is 10.2. The zero-order valence-corrected chi connectivity index (χ0v) is 18.8. The van der Waals surface area contributed by atoms with Gasteiger partial charge in [-0.25, -0.2) is 13.2 Å². The van der Waals surface area contributed by atoms with E-state index in [9.17, 15) is 18.0 Å². The molecule has 0 N–H and O–H groups in total. The van der Waals surface area contributed by atoms with Crippen LogP contribution in [0.2, 0.25) is 5.02 Å². The van der Waals surface area contributed by atoms with Crippen molar-refractivity contribution in [1.29, 1.82) is 0 Å². The van der Waals surface area contributed by atoms with Crippen molar-refractivity contribution < 1.29 is 22.7 Å². The van der Waals surface area contributed by atoms with Crippen LogP contribution in [-0.2, 0) is 19.6 Å². The lowest BCUT2D eigenvalue weighted by Crippen LogP contribution is -2.40. The molecule has 1 atom stereocenters. The summed E-state index contributed by atoms with van der Waals surface area (Å²) in [6.07, 6.45) is 3.12. The Morgan fingerprint density at radius 3 is 2.28 bits per heavy atom. The van der Waals surface area contributed by atoms with Crippen LogP contribution in [-0.4, -0.2) is 61.8 Å². The second-order valence-corrected chi connectivity index (χ2v) is 9.34. The number of sulfonamides is 1. The van der Waals surface area contributed by atoms with Crippen LogP contribution in [0.4, 0.5) is 0 Å². The molecule has 0 spiro atoms. The Morgan fingerprint density at radius 2 is 1.72 bits per heavy atom. The molecule has 29 heavy (non-hydrogen) atoms. The Kier molecular flexibility index (Phi) is 8.48. The lowest BCUT2D eigenvalue weighted by molar-refractivity contribution is -0.139. The Labute approximate surface area is 178 Å². The van der Waals surface area contributed by atoms with Crippen molar-refractivity contribution in [2.45, 2.75) is 57.5 Å². The minimum Gasteiger partial charge on any atom is -0.449 e. The summed E-state index contributed by atoms with van der Waals surface area (Å²) >= 11 is 6.10. The fourth-order valence-corrected chi connectivity index (χ4v) is 5.32. The molecule has 0 radical (unpaired) electrons. The van der Waals surface area contributed by atoms with Gasteiger partial charge in [0.1, 0.15) is 4.90 Å². The highest BCUT2D eigenvalue weighted by molar-refractivity contribution is 7.89. The molecule has 1 aromatic rings. The average molecular weight is 445 g/mol. The minimum atomic E-state index is -3.84. The molecule has 1 fully saturated rings. The maximum Gasteiger partial charge on any atom is 0.338 e. The third-order valence-electron chi connectivity index (χ3n) is 5.04. The standard InChI is InChI=1S/C20H29ClN2O5S/c1-4-23(5-2)29(26,27)18-14-16(10-11-17(18)21)20(25)28-15(3)19(24)22-12-8-6-7-9-13-22/h10-11,14-15H,4-9,12-13H2,1-3H3. The topological polar surface area (TPSA) is 84.0 Å². The van der Waals surface area contributed by atoms with Crippen molar-refractivity contribution in [3.63, 3.8) is 0 Å². The fraction of sp³-hybridized carbons (Fsp3) is 0.600. The van der Waals surface area contributed by atoms with Crippen LogP contribution in [0.1, 0.15) is 56.8 Å². The van der Waals surface area contributed by atoms with Crippen molar-refractivity contribution in [2.75, 3.05) is 26.2 Å². The van der Waals surface area contributed by atoms with Gasteiger partial charge in [-0.3, -0.25) is 4.79 Å².